The minimum Gasteiger partial charge on any atom is -0.493 e. The fourth-order valence-electron chi connectivity index (χ4n) is 2.97. The molecular formula is C21H19N3O3S. The molecule has 0 spiro atoms. The molecule has 0 aliphatic heterocycles. The number of carbonyl (C=O) groups excluding carboxylic acids is 1. The predicted molar refractivity (Wildman–Crippen MR) is 109 cm³/mol. The zero-order valence-corrected chi connectivity index (χ0v) is 16.6. The maximum absolute atomic E-state index is 13.1. The van der Waals surface area contributed by atoms with Gasteiger partial charge in [-0.15, -0.1) is 11.3 Å². The molecule has 7 heteroatoms. The van der Waals surface area contributed by atoms with Crippen LogP contribution in [0.4, 0.5) is 0 Å². The summed E-state index contributed by atoms with van der Waals surface area (Å²) < 4.78 is 12.7. The number of carbonyl (C=O) groups is 1. The van der Waals surface area contributed by atoms with Crippen LogP contribution in [0.2, 0.25) is 0 Å². The highest BCUT2D eigenvalue weighted by atomic mass is 32.1. The lowest BCUT2D eigenvalue weighted by molar-refractivity contribution is 0.0732. The van der Waals surface area contributed by atoms with Gasteiger partial charge in [0.15, 0.2) is 17.1 Å². The summed E-state index contributed by atoms with van der Waals surface area (Å²) in [6.07, 6.45) is 1.67. The molecule has 3 heterocycles. The Bertz CT molecular complexity index is 1130. The van der Waals surface area contributed by atoms with Gasteiger partial charge in [-0.25, -0.2) is 14.5 Å². The Morgan fingerprint density at radius 3 is 2.61 bits per heavy atom. The summed E-state index contributed by atoms with van der Waals surface area (Å²) in [5.41, 5.74) is 1.80. The first-order valence-corrected chi connectivity index (χ1v) is 9.73. The Morgan fingerprint density at radius 1 is 1.14 bits per heavy atom. The van der Waals surface area contributed by atoms with Gasteiger partial charge < -0.3 is 9.47 Å². The molecule has 0 aliphatic rings. The number of fused-ring (bicyclic) bond motifs is 1. The van der Waals surface area contributed by atoms with E-state index in [2.05, 4.69) is 5.10 Å². The first-order valence-electron chi connectivity index (χ1n) is 8.86. The number of methoxy groups -OCH3 is 1. The van der Waals surface area contributed by atoms with Crippen LogP contribution < -0.4 is 9.47 Å². The summed E-state index contributed by atoms with van der Waals surface area (Å²) in [4.78, 5) is 18.8. The van der Waals surface area contributed by atoms with Crippen molar-refractivity contribution in [1.82, 2.24) is 14.8 Å². The first kappa shape index (κ1) is 18.2. The van der Waals surface area contributed by atoms with Crippen molar-refractivity contribution in [2.75, 3.05) is 7.11 Å². The average molecular weight is 393 g/mol. The number of ether oxygens (including phenoxy) is 2. The third kappa shape index (κ3) is 3.25. The quantitative estimate of drug-likeness (QED) is 0.354. The first-order chi connectivity index (χ1) is 13.6. The largest absolute Gasteiger partial charge is 0.493 e. The maximum Gasteiger partial charge on any atom is 0.344 e. The fraction of sp³-hybridized carbons (Fsp3) is 0.190. The molecule has 0 saturated heterocycles. The molecule has 142 valence electrons. The minimum absolute atomic E-state index is 0.113. The van der Waals surface area contributed by atoms with Gasteiger partial charge in [0, 0.05) is 6.04 Å². The Hall–Kier alpha value is -3.19. The molecule has 0 aliphatic carbocycles. The number of pyridine rings is 1. The van der Waals surface area contributed by atoms with E-state index >= 15 is 0 Å². The summed E-state index contributed by atoms with van der Waals surface area (Å²) in [7, 11) is 1.54. The molecule has 3 aromatic heterocycles. The number of nitrogens with zero attached hydrogens (tertiary/aromatic N) is 3. The second-order valence-electron chi connectivity index (χ2n) is 6.49. The molecule has 0 fully saturated rings. The van der Waals surface area contributed by atoms with Crippen LogP contribution in [0.15, 0.2) is 54.0 Å². The van der Waals surface area contributed by atoms with Crippen LogP contribution in [0.5, 0.6) is 11.5 Å². The lowest BCUT2D eigenvalue weighted by atomic mass is 10.1. The molecule has 0 atom stereocenters. The zero-order chi connectivity index (χ0) is 19.7. The minimum atomic E-state index is -0.474. The van der Waals surface area contributed by atoms with Crippen molar-refractivity contribution >= 4 is 28.3 Å². The van der Waals surface area contributed by atoms with E-state index in [1.165, 1.54) is 0 Å². The fourth-order valence-corrected chi connectivity index (χ4v) is 3.66. The molecule has 6 nitrogen and oxygen atoms in total. The number of esters is 1. The highest BCUT2D eigenvalue weighted by Gasteiger charge is 2.21. The number of benzene rings is 1. The SMILES string of the molecule is COc1ccccc1OC(=O)c1cc(-c2cccs2)nc2c1cnn2C(C)C. The number of para-hydroxylation sites is 2. The Labute approximate surface area is 166 Å². The van der Waals surface area contributed by atoms with E-state index in [-0.39, 0.29) is 6.04 Å². The number of thiophene rings is 1. The molecule has 0 N–H and O–H groups in total. The monoisotopic (exact) mass is 393 g/mol. The van der Waals surface area contributed by atoms with Gasteiger partial charge in [-0.05, 0) is 43.5 Å². The van der Waals surface area contributed by atoms with Gasteiger partial charge >= 0.3 is 5.97 Å². The van der Waals surface area contributed by atoms with Gasteiger partial charge in [0.25, 0.3) is 0 Å². The molecule has 0 radical (unpaired) electrons. The summed E-state index contributed by atoms with van der Waals surface area (Å²) in [6, 6.07) is 12.9. The predicted octanol–water partition coefficient (Wildman–Crippen LogP) is 4.97. The van der Waals surface area contributed by atoms with Gasteiger partial charge in [0.2, 0.25) is 0 Å². The van der Waals surface area contributed by atoms with Crippen molar-refractivity contribution in [3.8, 4) is 22.1 Å². The average Bonchev–Trinajstić information content (AvgIpc) is 3.37. The molecule has 4 rings (SSSR count). The van der Waals surface area contributed by atoms with Crippen molar-refractivity contribution in [2.45, 2.75) is 19.9 Å². The maximum atomic E-state index is 13.1. The van der Waals surface area contributed by atoms with Gasteiger partial charge in [-0.1, -0.05) is 18.2 Å². The second-order valence-corrected chi connectivity index (χ2v) is 7.44. The molecule has 0 bridgehead atoms. The summed E-state index contributed by atoms with van der Waals surface area (Å²) in [5.74, 6) is 0.393. The van der Waals surface area contributed by atoms with E-state index in [1.54, 1.807) is 48.9 Å². The molecule has 0 saturated carbocycles. The summed E-state index contributed by atoms with van der Waals surface area (Å²) >= 11 is 1.57. The smallest absolute Gasteiger partial charge is 0.344 e. The molecule has 0 unspecified atom stereocenters. The van der Waals surface area contributed by atoms with Crippen LogP contribution in [-0.2, 0) is 0 Å². The van der Waals surface area contributed by atoms with E-state index < -0.39 is 5.97 Å². The van der Waals surface area contributed by atoms with Crippen LogP contribution >= 0.6 is 11.3 Å². The van der Waals surface area contributed by atoms with Crippen LogP contribution in [0, 0.1) is 0 Å². The third-order valence-electron chi connectivity index (χ3n) is 4.32. The van der Waals surface area contributed by atoms with Crippen LogP contribution in [-0.4, -0.2) is 27.8 Å². The normalized spacial score (nSPS) is 11.1. The van der Waals surface area contributed by atoms with Gasteiger partial charge in [-0.2, -0.15) is 5.10 Å². The Morgan fingerprint density at radius 2 is 1.93 bits per heavy atom. The van der Waals surface area contributed by atoms with Crippen molar-refractivity contribution in [1.29, 1.82) is 0 Å². The number of hydrogen-bond acceptors (Lipinski definition) is 6. The zero-order valence-electron chi connectivity index (χ0n) is 15.7. The van der Waals surface area contributed by atoms with Crippen molar-refractivity contribution < 1.29 is 14.3 Å². The Balaban J connectivity index is 1.84. The third-order valence-corrected chi connectivity index (χ3v) is 5.21. The molecule has 28 heavy (non-hydrogen) atoms. The van der Waals surface area contributed by atoms with Crippen molar-refractivity contribution in [3.05, 3.63) is 59.6 Å². The van der Waals surface area contributed by atoms with E-state index in [9.17, 15) is 4.79 Å². The van der Waals surface area contributed by atoms with Crippen LogP contribution in [0.1, 0.15) is 30.2 Å². The number of aromatic nitrogens is 3. The lowest BCUT2D eigenvalue weighted by Crippen LogP contribution is -2.11. The van der Waals surface area contributed by atoms with Gasteiger partial charge in [0.1, 0.15) is 0 Å². The lowest BCUT2D eigenvalue weighted by Gasteiger charge is -2.11. The van der Waals surface area contributed by atoms with Crippen molar-refractivity contribution in [2.24, 2.45) is 0 Å². The Kier molecular flexibility index (Phi) is 4.83. The van der Waals surface area contributed by atoms with E-state index in [1.807, 2.05) is 42.1 Å². The summed E-state index contributed by atoms with van der Waals surface area (Å²) in [6.45, 7) is 4.05. The molecule has 4 aromatic rings. The molecular weight excluding hydrogens is 374 g/mol. The molecule has 0 amide bonds. The standard InChI is InChI=1S/C21H19N3O3S/c1-13(2)24-20-15(12-22-24)14(11-16(23-20)19-9-6-10-28-19)21(25)27-18-8-5-4-7-17(18)26-3/h4-13H,1-3H3. The highest BCUT2D eigenvalue weighted by molar-refractivity contribution is 7.13. The van der Waals surface area contributed by atoms with E-state index in [0.29, 0.717) is 28.1 Å². The number of rotatable bonds is 5. The van der Waals surface area contributed by atoms with E-state index in [0.717, 1.165) is 10.6 Å². The topological polar surface area (TPSA) is 66.2 Å². The second kappa shape index (κ2) is 7.44. The van der Waals surface area contributed by atoms with Crippen molar-refractivity contribution in [3.63, 3.8) is 0 Å². The molecule has 1 aromatic carbocycles. The number of hydrogen-bond donors (Lipinski definition) is 0. The van der Waals surface area contributed by atoms with Crippen LogP contribution in [0.3, 0.4) is 0 Å². The highest BCUT2D eigenvalue weighted by Crippen LogP contribution is 2.31. The van der Waals surface area contributed by atoms with Gasteiger partial charge in [0.05, 0.1) is 34.8 Å². The van der Waals surface area contributed by atoms with Gasteiger partial charge in [-0.3, -0.25) is 0 Å². The summed E-state index contributed by atoms with van der Waals surface area (Å²) in [5, 5.41) is 7.07. The van der Waals surface area contributed by atoms with E-state index in [4.69, 9.17) is 14.5 Å². The van der Waals surface area contributed by atoms with Crippen LogP contribution in [0.25, 0.3) is 21.6 Å².